The minimum Gasteiger partial charge on any atom is -0.352 e. The largest absolute Gasteiger partial charge is 0.352 e. The molecule has 0 radical (unpaired) electrons. The maximum Gasteiger partial charge on any atom is 0.181 e. The van der Waals surface area contributed by atoms with Crippen LogP contribution in [0.2, 0.25) is 0 Å². The van der Waals surface area contributed by atoms with Gasteiger partial charge in [0.15, 0.2) is 5.65 Å². The summed E-state index contributed by atoms with van der Waals surface area (Å²) in [5, 5.41) is 15.4. The van der Waals surface area contributed by atoms with Crippen LogP contribution < -0.4 is 5.32 Å². The van der Waals surface area contributed by atoms with Gasteiger partial charge in [0.1, 0.15) is 0 Å². The molecule has 0 aliphatic carbocycles. The Kier molecular flexibility index (Phi) is 6.99. The minimum absolute atomic E-state index is 0.678. The van der Waals surface area contributed by atoms with Gasteiger partial charge >= 0.3 is 0 Å². The summed E-state index contributed by atoms with van der Waals surface area (Å²) in [5.74, 6) is 0. The Labute approximate surface area is 230 Å². The van der Waals surface area contributed by atoms with Crippen LogP contribution in [0.15, 0.2) is 109 Å². The zero-order valence-electron chi connectivity index (χ0n) is 21.6. The summed E-state index contributed by atoms with van der Waals surface area (Å²) in [4.78, 5) is 13.8. The van der Waals surface area contributed by atoms with Crippen molar-refractivity contribution < 1.29 is 0 Å². The van der Waals surface area contributed by atoms with E-state index in [1.165, 1.54) is 10.4 Å². The van der Waals surface area contributed by atoms with Crippen molar-refractivity contribution >= 4 is 38.8 Å². The van der Waals surface area contributed by atoms with Crippen LogP contribution in [0.1, 0.15) is 18.1 Å². The number of nitrogens with zero attached hydrogens (tertiary/aromatic N) is 3. The zero-order chi connectivity index (χ0) is 26.6. The van der Waals surface area contributed by atoms with E-state index >= 15 is 0 Å². The molecule has 6 rings (SSSR count). The van der Waals surface area contributed by atoms with Gasteiger partial charge in [-0.2, -0.15) is 5.10 Å². The lowest BCUT2D eigenvalue weighted by Gasteiger charge is -2.08. The summed E-state index contributed by atoms with van der Waals surface area (Å²) < 4.78 is 0. The van der Waals surface area contributed by atoms with Gasteiger partial charge < -0.3 is 10.3 Å². The molecule has 3 N–H and O–H groups in total. The Morgan fingerprint density at radius 2 is 1.95 bits per heavy atom. The number of aromatic amines is 2. The quantitative estimate of drug-likeness (QED) is 0.169. The first-order valence-electron chi connectivity index (χ1n) is 12.8. The highest BCUT2D eigenvalue weighted by Crippen LogP contribution is 2.35. The molecule has 39 heavy (non-hydrogen) atoms. The van der Waals surface area contributed by atoms with Crippen LogP contribution in [0, 0.1) is 0 Å². The number of H-pyrrole nitrogens is 2. The fourth-order valence-electron chi connectivity index (χ4n) is 4.74. The third-order valence-corrected chi connectivity index (χ3v) is 7.66. The van der Waals surface area contributed by atoms with Gasteiger partial charge in [-0.05, 0) is 47.2 Å². The van der Waals surface area contributed by atoms with E-state index in [0.29, 0.717) is 5.65 Å². The van der Waals surface area contributed by atoms with Crippen molar-refractivity contribution in [1.29, 1.82) is 0 Å². The highest BCUT2D eigenvalue weighted by atomic mass is 32.1. The van der Waals surface area contributed by atoms with Crippen LogP contribution in [0.4, 0.5) is 0 Å². The average molecular weight is 529 g/mol. The molecular weight excluding hydrogens is 500 g/mol. The van der Waals surface area contributed by atoms with E-state index in [4.69, 9.17) is 0 Å². The third kappa shape index (κ3) is 5.10. The maximum absolute atomic E-state index is 4.66. The standard InChI is InChI=1S/C32H28N6S/c1-3-21(16-33-17-22-9-6-5-7-10-22)13-23(4-2)24-14-26-31(37-38-32(26)35-18-24)28-15-25-27(30-11-8-12-39-30)19-34-20-29(25)36-28/h3-15,18-20,33,36H,1,16-17H2,2H3,(H,35,37,38)/b21-13+,23-4+. The van der Waals surface area contributed by atoms with Crippen LogP contribution >= 0.6 is 11.3 Å². The van der Waals surface area contributed by atoms with E-state index in [1.54, 1.807) is 11.3 Å². The van der Waals surface area contributed by atoms with E-state index in [1.807, 2.05) is 37.7 Å². The van der Waals surface area contributed by atoms with Gasteiger partial charge in [-0.15, -0.1) is 11.3 Å². The van der Waals surface area contributed by atoms with E-state index < -0.39 is 0 Å². The Morgan fingerprint density at radius 1 is 1.05 bits per heavy atom. The molecular formula is C32H28N6S. The van der Waals surface area contributed by atoms with E-state index in [0.717, 1.165) is 63.0 Å². The first-order valence-corrected chi connectivity index (χ1v) is 13.7. The molecule has 0 saturated heterocycles. The SMILES string of the molecule is C=C/C(=C\C(=C/C)c1cnc2n[nH]c(-c3cc4c(-c5cccs5)cncc4[nH]3)c2c1)CNCc1ccccc1. The number of pyridine rings is 2. The van der Waals surface area contributed by atoms with Crippen molar-refractivity contribution in [2.45, 2.75) is 13.5 Å². The maximum atomic E-state index is 4.66. The van der Waals surface area contributed by atoms with Gasteiger partial charge in [0.2, 0.25) is 0 Å². The second kappa shape index (κ2) is 11.0. The minimum atomic E-state index is 0.678. The highest BCUT2D eigenvalue weighted by Gasteiger charge is 2.15. The van der Waals surface area contributed by atoms with Gasteiger partial charge in [-0.25, -0.2) is 4.98 Å². The average Bonchev–Trinajstić information content (AvgIpc) is 3.74. The van der Waals surface area contributed by atoms with E-state index in [2.05, 4.69) is 103 Å². The molecule has 0 unspecified atom stereocenters. The van der Waals surface area contributed by atoms with Crippen LogP contribution in [-0.2, 0) is 6.54 Å². The van der Waals surface area contributed by atoms with Gasteiger partial charge in [0, 0.05) is 52.3 Å². The van der Waals surface area contributed by atoms with Crippen LogP contribution in [-0.4, -0.2) is 31.7 Å². The number of nitrogens with one attached hydrogen (secondary N) is 3. The lowest BCUT2D eigenvalue weighted by molar-refractivity contribution is 0.747. The molecule has 192 valence electrons. The molecule has 0 saturated carbocycles. The van der Waals surface area contributed by atoms with Gasteiger partial charge in [-0.1, -0.05) is 61.2 Å². The number of hydrogen-bond acceptors (Lipinski definition) is 5. The van der Waals surface area contributed by atoms with Crippen LogP contribution in [0.3, 0.4) is 0 Å². The van der Waals surface area contributed by atoms with Crippen LogP contribution in [0.25, 0.3) is 49.3 Å². The highest BCUT2D eigenvalue weighted by molar-refractivity contribution is 7.13. The Bertz CT molecular complexity index is 1810. The summed E-state index contributed by atoms with van der Waals surface area (Å²) in [6, 6.07) is 18.9. The van der Waals surface area contributed by atoms with Crippen molar-refractivity contribution in [3.63, 3.8) is 0 Å². The van der Waals surface area contributed by atoms with Crippen molar-refractivity contribution in [1.82, 2.24) is 30.5 Å². The predicted molar refractivity (Wildman–Crippen MR) is 162 cm³/mol. The van der Waals surface area contributed by atoms with Crippen molar-refractivity contribution in [2.75, 3.05) is 6.54 Å². The number of aromatic nitrogens is 5. The number of hydrogen-bond donors (Lipinski definition) is 3. The molecule has 6 nitrogen and oxygen atoms in total. The number of thiophene rings is 1. The molecule has 5 heterocycles. The molecule has 0 aliphatic heterocycles. The Morgan fingerprint density at radius 3 is 2.74 bits per heavy atom. The van der Waals surface area contributed by atoms with Crippen molar-refractivity contribution in [3.05, 3.63) is 120 Å². The lowest BCUT2D eigenvalue weighted by atomic mass is 10.0. The predicted octanol–water partition coefficient (Wildman–Crippen LogP) is 7.54. The fourth-order valence-corrected chi connectivity index (χ4v) is 5.49. The fraction of sp³-hybridized carbons (Fsp3) is 0.0938. The van der Waals surface area contributed by atoms with Gasteiger partial charge in [0.05, 0.1) is 23.1 Å². The monoisotopic (exact) mass is 528 g/mol. The molecule has 6 aromatic rings. The first-order chi connectivity index (χ1) is 19.2. The third-order valence-electron chi connectivity index (χ3n) is 6.76. The number of fused-ring (bicyclic) bond motifs is 2. The summed E-state index contributed by atoms with van der Waals surface area (Å²) >= 11 is 1.71. The molecule has 7 heteroatoms. The number of benzene rings is 1. The number of allylic oxidation sites excluding steroid dienone is 3. The summed E-state index contributed by atoms with van der Waals surface area (Å²) in [7, 11) is 0. The van der Waals surface area contributed by atoms with E-state index in [9.17, 15) is 0 Å². The second-order valence-corrected chi connectivity index (χ2v) is 10.2. The molecule has 0 bridgehead atoms. The smallest absolute Gasteiger partial charge is 0.181 e. The Balaban J connectivity index is 1.30. The molecule has 1 aromatic carbocycles. The Hall–Kier alpha value is -4.59. The van der Waals surface area contributed by atoms with Gasteiger partial charge in [-0.3, -0.25) is 10.1 Å². The van der Waals surface area contributed by atoms with Crippen LogP contribution in [0.5, 0.6) is 0 Å². The number of rotatable bonds is 9. The van der Waals surface area contributed by atoms with Crippen molar-refractivity contribution in [2.24, 2.45) is 0 Å². The second-order valence-electron chi connectivity index (χ2n) is 9.26. The van der Waals surface area contributed by atoms with E-state index in [-0.39, 0.29) is 0 Å². The molecule has 0 atom stereocenters. The summed E-state index contributed by atoms with van der Waals surface area (Å²) in [6.45, 7) is 7.60. The molecule has 0 aliphatic rings. The lowest BCUT2D eigenvalue weighted by Crippen LogP contribution is -2.15. The van der Waals surface area contributed by atoms with Gasteiger partial charge in [0.25, 0.3) is 0 Å². The summed E-state index contributed by atoms with van der Waals surface area (Å²) in [5.41, 5.74) is 9.09. The zero-order valence-corrected chi connectivity index (χ0v) is 22.4. The molecule has 5 aromatic heterocycles. The topological polar surface area (TPSA) is 82.3 Å². The summed E-state index contributed by atoms with van der Waals surface area (Å²) in [6.07, 6.45) is 11.8. The molecule has 0 spiro atoms. The molecule has 0 fully saturated rings. The first kappa shape index (κ1) is 24.7. The normalized spacial score (nSPS) is 12.4. The molecule has 0 amide bonds. The van der Waals surface area contributed by atoms with Crippen molar-refractivity contribution in [3.8, 4) is 21.8 Å².